The lowest BCUT2D eigenvalue weighted by Gasteiger charge is -2.06. The largest absolute Gasteiger partial charge is 0.453 e. The molecule has 3 heterocycles. The molecule has 0 aliphatic rings. The lowest BCUT2D eigenvalue weighted by Crippen LogP contribution is -2.10. The first-order valence-electron chi connectivity index (χ1n) is 6.02. The lowest BCUT2D eigenvalue weighted by atomic mass is 10.4. The Kier molecular flexibility index (Phi) is 3.08. The van der Waals surface area contributed by atoms with Gasteiger partial charge >= 0.3 is 11.9 Å². The standard InChI is InChI=1S/C10H9F3N8O/c1-4-2-6(14-3-5-16-9(22)19-18-5)21-8(15-4)17-7(20-21)10(11,12)13/h2,14H,3H2,1H3,(H2,16,18,19,22). The molecule has 0 spiro atoms. The Hall–Kier alpha value is -2.92. The Morgan fingerprint density at radius 3 is 2.77 bits per heavy atom. The number of fused-ring (bicyclic) bond motifs is 1. The van der Waals surface area contributed by atoms with Crippen LogP contribution < -0.4 is 11.0 Å². The molecule has 0 bridgehead atoms. The van der Waals surface area contributed by atoms with Crippen LogP contribution in [-0.4, -0.2) is 34.8 Å². The van der Waals surface area contributed by atoms with Crippen molar-refractivity contribution in [2.75, 3.05) is 5.32 Å². The minimum Gasteiger partial charge on any atom is -0.363 e. The van der Waals surface area contributed by atoms with Gasteiger partial charge in [0, 0.05) is 11.8 Å². The van der Waals surface area contributed by atoms with Crippen LogP contribution in [0.1, 0.15) is 17.3 Å². The Morgan fingerprint density at radius 1 is 1.36 bits per heavy atom. The van der Waals surface area contributed by atoms with E-state index in [0.29, 0.717) is 11.5 Å². The second-order valence-corrected chi connectivity index (χ2v) is 4.41. The molecule has 12 heteroatoms. The van der Waals surface area contributed by atoms with Gasteiger partial charge in [-0.2, -0.15) is 27.8 Å². The molecule has 0 radical (unpaired) electrons. The SMILES string of the molecule is Cc1cc(NCc2n[nH]c(=O)[nH]2)n2nc(C(F)(F)F)nc2n1. The second kappa shape index (κ2) is 4.82. The van der Waals surface area contributed by atoms with E-state index in [9.17, 15) is 18.0 Å². The van der Waals surface area contributed by atoms with Gasteiger partial charge in [0.05, 0.1) is 6.54 Å². The maximum atomic E-state index is 12.7. The summed E-state index contributed by atoms with van der Waals surface area (Å²) in [4.78, 5) is 20.6. The first-order valence-corrected chi connectivity index (χ1v) is 6.02. The van der Waals surface area contributed by atoms with Gasteiger partial charge in [-0.25, -0.2) is 14.9 Å². The van der Waals surface area contributed by atoms with Crippen molar-refractivity contribution in [3.63, 3.8) is 0 Å². The third kappa shape index (κ3) is 2.62. The summed E-state index contributed by atoms with van der Waals surface area (Å²) >= 11 is 0. The molecule has 22 heavy (non-hydrogen) atoms. The summed E-state index contributed by atoms with van der Waals surface area (Å²) in [5.74, 6) is -0.912. The summed E-state index contributed by atoms with van der Waals surface area (Å²) in [5, 5.41) is 12.1. The monoisotopic (exact) mass is 314 g/mol. The van der Waals surface area contributed by atoms with Crippen molar-refractivity contribution < 1.29 is 13.2 Å². The number of aromatic nitrogens is 7. The molecule has 0 amide bonds. The van der Waals surface area contributed by atoms with Crippen LogP contribution in [0.2, 0.25) is 0 Å². The van der Waals surface area contributed by atoms with Crippen molar-refractivity contribution in [3.05, 3.63) is 33.9 Å². The molecule has 0 aromatic carbocycles. The van der Waals surface area contributed by atoms with Gasteiger partial charge in [-0.05, 0) is 6.92 Å². The highest BCUT2D eigenvalue weighted by atomic mass is 19.4. The van der Waals surface area contributed by atoms with E-state index in [4.69, 9.17) is 0 Å². The molecule has 3 rings (SSSR count). The van der Waals surface area contributed by atoms with Crippen molar-refractivity contribution >= 4 is 11.6 Å². The van der Waals surface area contributed by atoms with Crippen LogP contribution >= 0.6 is 0 Å². The summed E-state index contributed by atoms with van der Waals surface area (Å²) in [5.41, 5.74) is -0.0142. The lowest BCUT2D eigenvalue weighted by molar-refractivity contribution is -0.144. The van der Waals surface area contributed by atoms with Gasteiger partial charge in [0.2, 0.25) is 0 Å². The summed E-state index contributed by atoms with van der Waals surface area (Å²) in [6.45, 7) is 1.70. The van der Waals surface area contributed by atoms with Gasteiger partial charge < -0.3 is 5.32 Å². The molecule has 3 aromatic rings. The molecular formula is C10H9F3N8O. The van der Waals surface area contributed by atoms with E-state index in [1.165, 1.54) is 6.07 Å². The maximum absolute atomic E-state index is 12.7. The normalized spacial score (nSPS) is 12.0. The molecule has 0 aliphatic heterocycles. The van der Waals surface area contributed by atoms with Crippen LogP contribution in [0.4, 0.5) is 19.0 Å². The third-order valence-corrected chi connectivity index (χ3v) is 2.68. The highest BCUT2D eigenvalue weighted by Crippen LogP contribution is 2.27. The molecular weight excluding hydrogens is 305 g/mol. The molecule has 0 fully saturated rings. The minimum atomic E-state index is -4.66. The Labute approximate surface area is 119 Å². The van der Waals surface area contributed by atoms with Crippen molar-refractivity contribution in [2.45, 2.75) is 19.6 Å². The molecule has 3 aromatic heterocycles. The van der Waals surface area contributed by atoms with Crippen LogP contribution in [0.25, 0.3) is 5.78 Å². The Balaban J connectivity index is 1.97. The first kappa shape index (κ1) is 14.0. The first-order chi connectivity index (χ1) is 10.3. The van der Waals surface area contributed by atoms with Crippen molar-refractivity contribution in [2.24, 2.45) is 0 Å². The van der Waals surface area contributed by atoms with Crippen molar-refractivity contribution in [3.8, 4) is 0 Å². The minimum absolute atomic E-state index is 0.0818. The van der Waals surface area contributed by atoms with Crippen LogP contribution in [0.15, 0.2) is 10.9 Å². The molecule has 0 atom stereocenters. The molecule has 116 valence electrons. The number of nitrogens with one attached hydrogen (secondary N) is 3. The van der Waals surface area contributed by atoms with Crippen LogP contribution in [0.3, 0.4) is 0 Å². The third-order valence-electron chi connectivity index (χ3n) is 2.68. The van der Waals surface area contributed by atoms with E-state index in [-0.39, 0.29) is 18.1 Å². The topological polar surface area (TPSA) is 117 Å². The summed E-state index contributed by atoms with van der Waals surface area (Å²) in [6, 6.07) is 1.51. The van der Waals surface area contributed by atoms with Gasteiger partial charge in [-0.15, -0.1) is 5.10 Å². The van der Waals surface area contributed by atoms with E-state index in [2.05, 4.69) is 35.6 Å². The molecule has 3 N–H and O–H groups in total. The zero-order chi connectivity index (χ0) is 15.9. The van der Waals surface area contributed by atoms with Gasteiger partial charge in [0.25, 0.3) is 11.6 Å². The quantitative estimate of drug-likeness (QED) is 0.647. The summed E-state index contributed by atoms with van der Waals surface area (Å²) in [7, 11) is 0. The van der Waals surface area contributed by atoms with Crippen molar-refractivity contribution in [1.29, 1.82) is 0 Å². The Bertz CT molecular complexity index is 876. The highest BCUT2D eigenvalue weighted by Gasteiger charge is 2.36. The zero-order valence-electron chi connectivity index (χ0n) is 11.1. The molecule has 0 aliphatic carbocycles. The smallest absolute Gasteiger partial charge is 0.363 e. The highest BCUT2D eigenvalue weighted by molar-refractivity contribution is 5.45. The van der Waals surface area contributed by atoms with Crippen LogP contribution in [-0.2, 0) is 12.7 Å². The molecule has 0 unspecified atom stereocenters. The van der Waals surface area contributed by atoms with Gasteiger partial charge in [-0.1, -0.05) is 0 Å². The van der Waals surface area contributed by atoms with E-state index in [1.54, 1.807) is 6.92 Å². The fourth-order valence-corrected chi connectivity index (χ4v) is 1.80. The summed E-state index contributed by atoms with van der Waals surface area (Å²) in [6.07, 6.45) is -4.66. The average molecular weight is 314 g/mol. The fourth-order valence-electron chi connectivity index (χ4n) is 1.80. The number of H-pyrrole nitrogens is 2. The molecule has 9 nitrogen and oxygen atoms in total. The van der Waals surface area contributed by atoms with Crippen LogP contribution in [0, 0.1) is 6.92 Å². The van der Waals surface area contributed by atoms with Crippen LogP contribution in [0.5, 0.6) is 0 Å². The molecule has 0 saturated heterocycles. The number of halogens is 3. The number of rotatable bonds is 3. The number of hydrogen-bond acceptors (Lipinski definition) is 6. The van der Waals surface area contributed by atoms with Crippen molar-refractivity contribution in [1.82, 2.24) is 34.8 Å². The van der Waals surface area contributed by atoms with E-state index >= 15 is 0 Å². The number of aromatic amines is 2. The fraction of sp³-hybridized carbons (Fsp3) is 0.300. The predicted octanol–water partition coefficient (Wildman–Crippen LogP) is 0.475. The number of anilines is 1. The number of hydrogen-bond donors (Lipinski definition) is 3. The van der Waals surface area contributed by atoms with Gasteiger partial charge in [0.1, 0.15) is 11.6 Å². The average Bonchev–Trinajstić information content (AvgIpc) is 3.01. The number of alkyl halides is 3. The maximum Gasteiger partial charge on any atom is 0.453 e. The zero-order valence-corrected chi connectivity index (χ0v) is 11.1. The Morgan fingerprint density at radius 2 is 2.14 bits per heavy atom. The number of aryl methyl sites for hydroxylation is 1. The van der Waals surface area contributed by atoms with E-state index in [1.807, 2.05) is 0 Å². The predicted molar refractivity (Wildman–Crippen MR) is 67.1 cm³/mol. The second-order valence-electron chi connectivity index (χ2n) is 4.41. The van der Waals surface area contributed by atoms with E-state index < -0.39 is 17.7 Å². The molecule has 0 saturated carbocycles. The summed E-state index contributed by atoms with van der Waals surface area (Å²) < 4.78 is 39.0. The van der Waals surface area contributed by atoms with Gasteiger partial charge in [-0.3, -0.25) is 4.98 Å². The number of nitrogens with zero attached hydrogens (tertiary/aromatic N) is 5. The van der Waals surface area contributed by atoms with Gasteiger partial charge in [0.15, 0.2) is 0 Å². The van der Waals surface area contributed by atoms with E-state index in [0.717, 1.165) is 4.52 Å².